The number of aromatic nitrogens is 1. The minimum atomic E-state index is -0.0325. The molecular formula is C15H20N2O3. The van der Waals surface area contributed by atoms with Gasteiger partial charge in [-0.15, -0.1) is 0 Å². The standard InChI is InChI=1S/C15H20N2O3/c1-11(10-19-2)16-15(18)9-17-8-7-12-13(17)5-4-6-14(12)20-3/h4-8,11H,9-10H2,1-3H3,(H,16,18). The number of hydrogen-bond donors (Lipinski definition) is 1. The Labute approximate surface area is 118 Å². The van der Waals surface area contributed by atoms with Crippen LogP contribution in [0, 0.1) is 0 Å². The van der Waals surface area contributed by atoms with Crippen molar-refractivity contribution in [3.05, 3.63) is 30.5 Å². The van der Waals surface area contributed by atoms with Crippen molar-refractivity contribution in [2.45, 2.75) is 19.5 Å². The first-order chi connectivity index (χ1) is 9.65. The van der Waals surface area contributed by atoms with Crippen LogP contribution in [0.3, 0.4) is 0 Å². The molecule has 0 spiro atoms. The van der Waals surface area contributed by atoms with Gasteiger partial charge in [0, 0.05) is 24.7 Å². The number of carbonyl (C=O) groups excluding carboxylic acids is 1. The number of fused-ring (bicyclic) bond motifs is 1. The normalized spacial score (nSPS) is 12.3. The van der Waals surface area contributed by atoms with Crippen LogP contribution in [0.2, 0.25) is 0 Å². The maximum Gasteiger partial charge on any atom is 0.240 e. The van der Waals surface area contributed by atoms with Gasteiger partial charge in [-0.05, 0) is 25.1 Å². The van der Waals surface area contributed by atoms with Crippen molar-refractivity contribution in [2.75, 3.05) is 20.8 Å². The summed E-state index contributed by atoms with van der Waals surface area (Å²) >= 11 is 0. The first-order valence-corrected chi connectivity index (χ1v) is 6.56. The monoisotopic (exact) mass is 276 g/mol. The molecule has 0 aliphatic rings. The molecule has 5 heteroatoms. The molecule has 1 aromatic carbocycles. The Balaban J connectivity index is 2.12. The van der Waals surface area contributed by atoms with E-state index in [2.05, 4.69) is 5.32 Å². The van der Waals surface area contributed by atoms with Gasteiger partial charge in [0.05, 0.1) is 19.2 Å². The van der Waals surface area contributed by atoms with E-state index in [9.17, 15) is 4.79 Å². The third kappa shape index (κ3) is 3.11. The smallest absolute Gasteiger partial charge is 0.240 e. The molecule has 0 aliphatic heterocycles. The molecule has 0 saturated carbocycles. The van der Waals surface area contributed by atoms with E-state index in [4.69, 9.17) is 9.47 Å². The van der Waals surface area contributed by atoms with Crippen molar-refractivity contribution in [3.8, 4) is 5.75 Å². The van der Waals surface area contributed by atoms with Gasteiger partial charge < -0.3 is 19.4 Å². The molecule has 0 bridgehead atoms. The highest BCUT2D eigenvalue weighted by Crippen LogP contribution is 2.26. The highest BCUT2D eigenvalue weighted by atomic mass is 16.5. The molecule has 0 radical (unpaired) electrons. The van der Waals surface area contributed by atoms with Crippen LogP contribution >= 0.6 is 0 Å². The second kappa shape index (κ2) is 6.43. The summed E-state index contributed by atoms with van der Waals surface area (Å²) in [7, 11) is 3.26. The van der Waals surface area contributed by atoms with Gasteiger partial charge >= 0.3 is 0 Å². The van der Waals surface area contributed by atoms with E-state index < -0.39 is 0 Å². The Bertz CT molecular complexity index is 592. The number of amides is 1. The Morgan fingerprint density at radius 3 is 2.85 bits per heavy atom. The van der Waals surface area contributed by atoms with Crippen LogP contribution in [0.5, 0.6) is 5.75 Å². The van der Waals surface area contributed by atoms with Gasteiger partial charge in [-0.3, -0.25) is 4.79 Å². The van der Waals surface area contributed by atoms with Gasteiger partial charge in [-0.25, -0.2) is 0 Å². The highest BCUT2D eigenvalue weighted by molar-refractivity contribution is 5.88. The predicted molar refractivity (Wildman–Crippen MR) is 78.0 cm³/mol. The summed E-state index contributed by atoms with van der Waals surface area (Å²) in [5.74, 6) is 0.782. The van der Waals surface area contributed by atoms with Crippen molar-refractivity contribution >= 4 is 16.8 Å². The Kier molecular flexibility index (Phi) is 4.63. The molecule has 20 heavy (non-hydrogen) atoms. The number of methoxy groups -OCH3 is 2. The van der Waals surface area contributed by atoms with Crippen LogP contribution in [-0.2, 0) is 16.1 Å². The molecule has 2 rings (SSSR count). The third-order valence-corrected chi connectivity index (χ3v) is 3.13. The Morgan fingerprint density at radius 2 is 2.15 bits per heavy atom. The van der Waals surface area contributed by atoms with Gasteiger partial charge in [0.25, 0.3) is 0 Å². The van der Waals surface area contributed by atoms with Crippen LogP contribution in [-0.4, -0.2) is 37.3 Å². The van der Waals surface area contributed by atoms with Crippen LogP contribution in [0.15, 0.2) is 30.5 Å². The number of nitrogens with one attached hydrogen (secondary N) is 1. The van der Waals surface area contributed by atoms with Crippen molar-refractivity contribution in [2.24, 2.45) is 0 Å². The minimum absolute atomic E-state index is 0.00358. The lowest BCUT2D eigenvalue weighted by Crippen LogP contribution is -2.37. The lowest BCUT2D eigenvalue weighted by molar-refractivity contribution is -0.122. The number of ether oxygens (including phenoxy) is 2. The van der Waals surface area contributed by atoms with Crippen LogP contribution < -0.4 is 10.1 Å². The summed E-state index contributed by atoms with van der Waals surface area (Å²) in [6, 6.07) is 7.77. The van der Waals surface area contributed by atoms with Crippen LogP contribution in [0.4, 0.5) is 0 Å². The third-order valence-electron chi connectivity index (χ3n) is 3.13. The number of carbonyl (C=O) groups is 1. The van der Waals surface area contributed by atoms with Gasteiger partial charge in [-0.1, -0.05) is 6.07 Å². The van der Waals surface area contributed by atoms with Crippen LogP contribution in [0.25, 0.3) is 10.9 Å². The van der Waals surface area contributed by atoms with Crippen LogP contribution in [0.1, 0.15) is 6.92 Å². The molecule has 0 fully saturated rings. The Hall–Kier alpha value is -2.01. The molecule has 1 heterocycles. The average molecular weight is 276 g/mol. The highest BCUT2D eigenvalue weighted by Gasteiger charge is 2.11. The maximum atomic E-state index is 12.0. The maximum absolute atomic E-state index is 12.0. The minimum Gasteiger partial charge on any atom is -0.496 e. The van der Waals surface area contributed by atoms with E-state index in [1.54, 1.807) is 14.2 Å². The molecule has 1 amide bonds. The van der Waals surface area contributed by atoms with Crippen molar-refractivity contribution in [1.82, 2.24) is 9.88 Å². The second-order valence-electron chi connectivity index (χ2n) is 4.76. The van der Waals surface area contributed by atoms with Gasteiger partial charge in [-0.2, -0.15) is 0 Å². The summed E-state index contributed by atoms with van der Waals surface area (Å²) in [5.41, 5.74) is 0.985. The zero-order valence-electron chi connectivity index (χ0n) is 12.1. The van der Waals surface area contributed by atoms with E-state index in [1.165, 1.54) is 0 Å². The summed E-state index contributed by atoms with van der Waals surface area (Å²) in [4.78, 5) is 12.0. The van der Waals surface area contributed by atoms with E-state index in [0.717, 1.165) is 16.7 Å². The largest absolute Gasteiger partial charge is 0.496 e. The number of rotatable bonds is 6. The summed E-state index contributed by atoms with van der Waals surface area (Å²) in [6.07, 6.45) is 1.90. The molecule has 5 nitrogen and oxygen atoms in total. The fourth-order valence-electron chi connectivity index (χ4n) is 2.28. The SMILES string of the molecule is COCC(C)NC(=O)Cn1ccc2c(OC)cccc21. The molecule has 2 aromatic rings. The summed E-state index contributed by atoms with van der Waals surface area (Å²) < 4.78 is 12.2. The predicted octanol–water partition coefficient (Wildman–Crippen LogP) is 1.80. The quantitative estimate of drug-likeness (QED) is 0.875. The number of benzene rings is 1. The number of nitrogens with zero attached hydrogens (tertiary/aromatic N) is 1. The lowest BCUT2D eigenvalue weighted by atomic mass is 10.2. The van der Waals surface area contributed by atoms with E-state index >= 15 is 0 Å². The van der Waals surface area contributed by atoms with E-state index in [1.807, 2.05) is 42.0 Å². The zero-order valence-corrected chi connectivity index (χ0v) is 12.1. The fraction of sp³-hybridized carbons (Fsp3) is 0.400. The average Bonchev–Trinajstić information content (AvgIpc) is 2.82. The lowest BCUT2D eigenvalue weighted by Gasteiger charge is -2.13. The van der Waals surface area contributed by atoms with Crippen molar-refractivity contribution in [3.63, 3.8) is 0 Å². The number of hydrogen-bond acceptors (Lipinski definition) is 3. The summed E-state index contributed by atoms with van der Waals surface area (Å²) in [6.45, 7) is 2.70. The van der Waals surface area contributed by atoms with Gasteiger partial charge in [0.15, 0.2) is 0 Å². The zero-order chi connectivity index (χ0) is 14.5. The van der Waals surface area contributed by atoms with Gasteiger partial charge in [0.1, 0.15) is 12.3 Å². The molecule has 0 saturated heterocycles. The fourth-order valence-corrected chi connectivity index (χ4v) is 2.28. The first kappa shape index (κ1) is 14.4. The summed E-state index contributed by atoms with van der Waals surface area (Å²) in [5, 5.41) is 3.90. The molecule has 1 N–H and O–H groups in total. The van der Waals surface area contributed by atoms with E-state index in [0.29, 0.717) is 6.61 Å². The topological polar surface area (TPSA) is 52.5 Å². The Morgan fingerprint density at radius 1 is 1.35 bits per heavy atom. The van der Waals surface area contributed by atoms with Crippen molar-refractivity contribution < 1.29 is 14.3 Å². The van der Waals surface area contributed by atoms with E-state index in [-0.39, 0.29) is 18.5 Å². The van der Waals surface area contributed by atoms with Gasteiger partial charge in [0.2, 0.25) is 5.91 Å². The molecule has 1 atom stereocenters. The molecule has 1 aromatic heterocycles. The first-order valence-electron chi connectivity index (χ1n) is 6.56. The second-order valence-corrected chi connectivity index (χ2v) is 4.76. The molecule has 1 unspecified atom stereocenters. The molecule has 0 aliphatic carbocycles. The molecular weight excluding hydrogens is 256 g/mol. The van der Waals surface area contributed by atoms with Crippen molar-refractivity contribution in [1.29, 1.82) is 0 Å². The molecule has 108 valence electrons.